The number of carbonyl (C=O) groups excluding carboxylic acids is 3. The van der Waals surface area contributed by atoms with Gasteiger partial charge in [0.15, 0.2) is 6.10 Å². The maximum Gasteiger partial charge on any atom is 0.331 e. The highest BCUT2D eigenvalue weighted by Crippen LogP contribution is 2.09. The van der Waals surface area contributed by atoms with Gasteiger partial charge in [0.2, 0.25) is 5.91 Å². The molecule has 7 heteroatoms. The van der Waals surface area contributed by atoms with E-state index >= 15 is 0 Å². The predicted molar refractivity (Wildman–Crippen MR) is 108 cm³/mol. The molecule has 1 N–H and O–H groups in total. The Hall–Kier alpha value is -3.48. The summed E-state index contributed by atoms with van der Waals surface area (Å²) >= 11 is 0. The second-order valence-corrected chi connectivity index (χ2v) is 6.58. The number of benzene rings is 2. The summed E-state index contributed by atoms with van der Waals surface area (Å²) in [6, 6.07) is 13.0. The van der Waals surface area contributed by atoms with Crippen LogP contribution in [0.4, 0.5) is 10.1 Å². The van der Waals surface area contributed by atoms with Crippen molar-refractivity contribution >= 4 is 29.5 Å². The first-order valence-electron chi connectivity index (χ1n) is 9.00. The average molecular weight is 398 g/mol. The monoisotopic (exact) mass is 398 g/mol. The van der Waals surface area contributed by atoms with E-state index in [0.717, 1.165) is 11.6 Å². The Morgan fingerprint density at radius 2 is 1.86 bits per heavy atom. The fourth-order valence-corrected chi connectivity index (χ4v) is 2.48. The van der Waals surface area contributed by atoms with E-state index in [1.54, 1.807) is 18.2 Å². The zero-order valence-electron chi connectivity index (χ0n) is 16.5. The van der Waals surface area contributed by atoms with Gasteiger partial charge in [0.1, 0.15) is 5.82 Å². The maximum atomic E-state index is 13.1. The van der Waals surface area contributed by atoms with Crippen molar-refractivity contribution in [3.63, 3.8) is 0 Å². The van der Waals surface area contributed by atoms with Crippen molar-refractivity contribution in [2.45, 2.75) is 20.0 Å². The molecule has 2 amide bonds. The zero-order chi connectivity index (χ0) is 21.4. The van der Waals surface area contributed by atoms with E-state index in [9.17, 15) is 18.8 Å². The van der Waals surface area contributed by atoms with Crippen LogP contribution >= 0.6 is 0 Å². The molecule has 0 bridgehead atoms. The van der Waals surface area contributed by atoms with Crippen molar-refractivity contribution in [3.05, 3.63) is 71.6 Å². The molecule has 0 aromatic heterocycles. The Morgan fingerprint density at radius 3 is 2.52 bits per heavy atom. The van der Waals surface area contributed by atoms with Gasteiger partial charge in [0.25, 0.3) is 5.91 Å². The molecule has 0 aliphatic carbocycles. The van der Waals surface area contributed by atoms with Crippen LogP contribution in [0.25, 0.3) is 6.08 Å². The molecule has 2 rings (SSSR count). The molecule has 0 saturated heterocycles. The molecule has 2 aromatic carbocycles. The quantitative estimate of drug-likeness (QED) is 0.574. The van der Waals surface area contributed by atoms with Crippen LogP contribution in [-0.2, 0) is 19.1 Å². The van der Waals surface area contributed by atoms with Crippen LogP contribution in [0.5, 0.6) is 0 Å². The first kappa shape index (κ1) is 21.8. The van der Waals surface area contributed by atoms with Crippen LogP contribution in [0.15, 0.2) is 54.6 Å². The molecule has 0 unspecified atom stereocenters. The number of carbonyl (C=O) groups is 3. The molecule has 152 valence electrons. The predicted octanol–water partition coefficient (Wildman–Crippen LogP) is 3.18. The van der Waals surface area contributed by atoms with Crippen molar-refractivity contribution in [1.82, 2.24) is 4.90 Å². The van der Waals surface area contributed by atoms with Gasteiger partial charge in [-0.05, 0) is 49.8 Å². The van der Waals surface area contributed by atoms with Gasteiger partial charge in [-0.2, -0.15) is 0 Å². The van der Waals surface area contributed by atoms with Crippen molar-refractivity contribution in [3.8, 4) is 0 Å². The molecule has 0 fully saturated rings. The number of amides is 2. The van der Waals surface area contributed by atoms with Crippen molar-refractivity contribution in [2.24, 2.45) is 0 Å². The molecule has 6 nitrogen and oxygen atoms in total. The lowest BCUT2D eigenvalue weighted by atomic mass is 10.2. The van der Waals surface area contributed by atoms with Crippen molar-refractivity contribution in [2.75, 3.05) is 18.9 Å². The molecule has 0 spiro atoms. The number of ether oxygens (including phenoxy) is 1. The second kappa shape index (κ2) is 10.2. The van der Waals surface area contributed by atoms with Crippen LogP contribution in [0.2, 0.25) is 0 Å². The highest BCUT2D eigenvalue weighted by molar-refractivity contribution is 5.95. The fraction of sp³-hybridized carbons (Fsp3) is 0.227. The van der Waals surface area contributed by atoms with Gasteiger partial charge in [-0.15, -0.1) is 0 Å². The van der Waals surface area contributed by atoms with Gasteiger partial charge in [0.05, 0.1) is 6.54 Å². The molecule has 0 aliphatic heterocycles. The topological polar surface area (TPSA) is 75.7 Å². The third-order valence-electron chi connectivity index (χ3n) is 3.99. The van der Waals surface area contributed by atoms with Crippen molar-refractivity contribution in [1.29, 1.82) is 0 Å². The number of hydrogen-bond donors (Lipinski definition) is 1. The van der Waals surface area contributed by atoms with E-state index in [-0.39, 0.29) is 12.5 Å². The highest BCUT2D eigenvalue weighted by Gasteiger charge is 2.22. The molecule has 1 atom stereocenters. The SMILES string of the molecule is Cc1ccc(NC(=O)CN(C)C(=O)[C@H](C)OC(=O)/C=C/c2cccc(F)c2)cc1. The van der Waals surface area contributed by atoms with Gasteiger partial charge < -0.3 is 15.0 Å². The summed E-state index contributed by atoms with van der Waals surface area (Å²) in [6.07, 6.45) is 1.43. The van der Waals surface area contributed by atoms with Gasteiger partial charge in [-0.1, -0.05) is 29.8 Å². The number of halogens is 1. The third kappa shape index (κ3) is 7.21. The lowest BCUT2D eigenvalue weighted by Gasteiger charge is -2.20. The third-order valence-corrected chi connectivity index (χ3v) is 3.99. The van der Waals surface area contributed by atoms with E-state index < -0.39 is 23.8 Å². The number of nitrogens with zero attached hydrogens (tertiary/aromatic N) is 1. The van der Waals surface area contributed by atoms with Crippen molar-refractivity contribution < 1.29 is 23.5 Å². The lowest BCUT2D eigenvalue weighted by Crippen LogP contribution is -2.41. The minimum absolute atomic E-state index is 0.187. The van der Waals surface area contributed by atoms with Crippen LogP contribution in [-0.4, -0.2) is 42.4 Å². The molecule has 0 saturated carbocycles. The van der Waals surface area contributed by atoms with Gasteiger partial charge >= 0.3 is 5.97 Å². The Balaban J connectivity index is 1.83. The van der Waals surface area contributed by atoms with Gasteiger partial charge in [0, 0.05) is 18.8 Å². The summed E-state index contributed by atoms with van der Waals surface area (Å²) in [6.45, 7) is 3.17. The van der Waals surface area contributed by atoms with E-state index in [4.69, 9.17) is 4.74 Å². The first-order valence-corrected chi connectivity index (χ1v) is 9.00. The minimum Gasteiger partial charge on any atom is -0.449 e. The minimum atomic E-state index is -1.07. The number of rotatable bonds is 7. The standard InChI is InChI=1S/C22H23FN2O4/c1-15-7-10-19(11-8-15)24-20(26)14-25(3)22(28)16(2)29-21(27)12-9-17-5-4-6-18(23)13-17/h4-13,16H,14H2,1-3H3,(H,24,26)/b12-9+/t16-/m0/s1. The fourth-order valence-electron chi connectivity index (χ4n) is 2.48. The lowest BCUT2D eigenvalue weighted by molar-refractivity contribution is -0.154. The van der Waals surface area contributed by atoms with Crippen LogP contribution in [0, 0.1) is 12.7 Å². The van der Waals surface area contributed by atoms with Gasteiger partial charge in [-0.3, -0.25) is 9.59 Å². The van der Waals surface area contributed by atoms with E-state index in [2.05, 4.69) is 5.32 Å². The molecule has 0 aliphatic rings. The summed E-state index contributed by atoms with van der Waals surface area (Å²) in [7, 11) is 1.45. The number of hydrogen-bond acceptors (Lipinski definition) is 4. The molecule has 29 heavy (non-hydrogen) atoms. The number of likely N-dealkylation sites (N-methyl/N-ethyl adjacent to an activating group) is 1. The van der Waals surface area contributed by atoms with Gasteiger partial charge in [-0.25, -0.2) is 9.18 Å². The van der Waals surface area contributed by atoms with Crippen LogP contribution in [0.3, 0.4) is 0 Å². The largest absolute Gasteiger partial charge is 0.449 e. The Labute approximate surface area is 169 Å². The number of aryl methyl sites for hydroxylation is 1. The van der Waals surface area contributed by atoms with E-state index in [1.807, 2.05) is 19.1 Å². The summed E-state index contributed by atoms with van der Waals surface area (Å²) in [5.74, 6) is -2.05. The molecular weight excluding hydrogens is 375 g/mol. The maximum absolute atomic E-state index is 13.1. The summed E-state index contributed by atoms with van der Waals surface area (Å²) in [5, 5.41) is 2.70. The average Bonchev–Trinajstić information content (AvgIpc) is 2.67. The number of anilines is 1. The number of esters is 1. The molecule has 0 radical (unpaired) electrons. The van der Waals surface area contributed by atoms with Crippen LogP contribution in [0.1, 0.15) is 18.1 Å². The smallest absolute Gasteiger partial charge is 0.331 e. The first-order chi connectivity index (χ1) is 13.7. The van der Waals surface area contributed by atoms with E-state index in [1.165, 1.54) is 43.1 Å². The summed E-state index contributed by atoms with van der Waals surface area (Å²) in [5.41, 5.74) is 2.19. The Kier molecular flexibility index (Phi) is 7.65. The normalized spacial score (nSPS) is 11.7. The highest BCUT2D eigenvalue weighted by atomic mass is 19.1. The Morgan fingerprint density at radius 1 is 1.17 bits per heavy atom. The number of nitrogens with one attached hydrogen (secondary N) is 1. The summed E-state index contributed by atoms with van der Waals surface area (Å²) < 4.78 is 18.2. The second-order valence-electron chi connectivity index (χ2n) is 6.58. The molecular formula is C22H23FN2O4. The van der Waals surface area contributed by atoms with E-state index in [0.29, 0.717) is 11.3 Å². The molecule has 2 aromatic rings. The zero-order valence-corrected chi connectivity index (χ0v) is 16.5. The van der Waals surface area contributed by atoms with Crippen LogP contribution < -0.4 is 5.32 Å². The summed E-state index contributed by atoms with van der Waals surface area (Å²) in [4.78, 5) is 37.5. The molecule has 0 heterocycles. The Bertz CT molecular complexity index is 909.